The standard InChI is InChI=1S/C21H22F2N2O3/c22-21(23)28-16-10-8-15(9-11-16)14-19(26)24-18-7-3-2-6-17(18)20(27)25-12-4-1-5-13-25/h2-3,6-11,21H,1,4-5,12-14H2,(H,24,26). The number of para-hydroxylation sites is 1. The molecule has 1 fully saturated rings. The van der Waals surface area contributed by atoms with E-state index >= 15 is 0 Å². The third-order valence-electron chi connectivity index (χ3n) is 4.59. The summed E-state index contributed by atoms with van der Waals surface area (Å²) >= 11 is 0. The molecule has 2 amide bonds. The van der Waals surface area contributed by atoms with Crippen molar-refractivity contribution in [1.29, 1.82) is 0 Å². The maximum absolute atomic E-state index is 12.8. The maximum atomic E-state index is 12.8. The highest BCUT2D eigenvalue weighted by Crippen LogP contribution is 2.21. The largest absolute Gasteiger partial charge is 0.435 e. The summed E-state index contributed by atoms with van der Waals surface area (Å²) in [6.07, 6.45) is 3.17. The SMILES string of the molecule is O=C(Cc1ccc(OC(F)F)cc1)Nc1ccccc1C(=O)N1CCCCC1. The van der Waals surface area contributed by atoms with Gasteiger partial charge in [0.15, 0.2) is 0 Å². The lowest BCUT2D eigenvalue weighted by Gasteiger charge is -2.27. The molecule has 5 nitrogen and oxygen atoms in total. The fourth-order valence-corrected chi connectivity index (χ4v) is 3.21. The van der Waals surface area contributed by atoms with Crippen molar-refractivity contribution in [2.75, 3.05) is 18.4 Å². The fourth-order valence-electron chi connectivity index (χ4n) is 3.21. The van der Waals surface area contributed by atoms with Crippen molar-refractivity contribution in [2.45, 2.75) is 32.3 Å². The van der Waals surface area contributed by atoms with Gasteiger partial charge in [-0.2, -0.15) is 8.78 Å². The molecule has 3 rings (SSSR count). The average Bonchev–Trinajstić information content (AvgIpc) is 2.69. The molecule has 0 bridgehead atoms. The molecule has 0 aromatic heterocycles. The molecule has 1 saturated heterocycles. The first-order valence-electron chi connectivity index (χ1n) is 9.25. The summed E-state index contributed by atoms with van der Waals surface area (Å²) in [6, 6.07) is 12.8. The normalized spacial score (nSPS) is 14.0. The highest BCUT2D eigenvalue weighted by atomic mass is 19.3. The Morgan fingerprint density at radius 2 is 1.68 bits per heavy atom. The van der Waals surface area contributed by atoms with Crippen LogP contribution in [0.5, 0.6) is 5.75 Å². The molecule has 2 aromatic rings. The molecular weight excluding hydrogens is 366 g/mol. The van der Waals surface area contributed by atoms with E-state index in [0.29, 0.717) is 16.8 Å². The molecular formula is C21H22F2N2O3. The summed E-state index contributed by atoms with van der Waals surface area (Å²) in [4.78, 5) is 27.0. The van der Waals surface area contributed by atoms with E-state index in [1.807, 2.05) is 4.90 Å². The highest BCUT2D eigenvalue weighted by Gasteiger charge is 2.21. The van der Waals surface area contributed by atoms with E-state index in [9.17, 15) is 18.4 Å². The van der Waals surface area contributed by atoms with Gasteiger partial charge in [0.25, 0.3) is 5.91 Å². The lowest BCUT2D eigenvalue weighted by Crippen LogP contribution is -2.36. The van der Waals surface area contributed by atoms with Crippen LogP contribution in [0.15, 0.2) is 48.5 Å². The van der Waals surface area contributed by atoms with E-state index in [1.54, 1.807) is 36.4 Å². The number of alkyl halides is 2. The zero-order valence-corrected chi connectivity index (χ0v) is 15.4. The Balaban J connectivity index is 1.65. The summed E-state index contributed by atoms with van der Waals surface area (Å²) < 4.78 is 28.7. The third-order valence-corrected chi connectivity index (χ3v) is 4.59. The van der Waals surface area contributed by atoms with Crippen molar-refractivity contribution in [3.63, 3.8) is 0 Å². The first-order valence-corrected chi connectivity index (χ1v) is 9.25. The predicted molar refractivity (Wildman–Crippen MR) is 102 cm³/mol. The van der Waals surface area contributed by atoms with Gasteiger partial charge >= 0.3 is 6.61 Å². The number of carbonyl (C=O) groups is 2. The fraction of sp³-hybridized carbons (Fsp3) is 0.333. The van der Waals surface area contributed by atoms with Gasteiger partial charge in [-0.05, 0) is 49.1 Å². The van der Waals surface area contributed by atoms with Crippen LogP contribution in [0, 0.1) is 0 Å². The molecule has 1 aliphatic rings. The number of anilines is 1. The highest BCUT2D eigenvalue weighted by molar-refractivity contribution is 6.04. The number of hydrogen-bond donors (Lipinski definition) is 1. The van der Waals surface area contributed by atoms with Gasteiger partial charge in [0.2, 0.25) is 5.91 Å². The monoisotopic (exact) mass is 388 g/mol. The number of halogens is 2. The lowest BCUT2D eigenvalue weighted by atomic mass is 10.1. The number of amides is 2. The summed E-state index contributed by atoms with van der Waals surface area (Å²) in [7, 11) is 0. The Labute approximate surface area is 162 Å². The summed E-state index contributed by atoms with van der Waals surface area (Å²) in [5.74, 6) is -0.331. The number of hydrogen-bond acceptors (Lipinski definition) is 3. The average molecular weight is 388 g/mol. The van der Waals surface area contributed by atoms with Gasteiger partial charge in [-0.15, -0.1) is 0 Å². The van der Waals surface area contributed by atoms with E-state index in [2.05, 4.69) is 10.1 Å². The van der Waals surface area contributed by atoms with Crippen LogP contribution in [0.25, 0.3) is 0 Å². The molecule has 7 heteroatoms. The zero-order valence-electron chi connectivity index (χ0n) is 15.4. The van der Waals surface area contributed by atoms with E-state index in [1.165, 1.54) is 12.1 Å². The van der Waals surface area contributed by atoms with Gasteiger partial charge in [0, 0.05) is 13.1 Å². The molecule has 148 valence electrons. The molecule has 0 spiro atoms. The number of piperidine rings is 1. The minimum atomic E-state index is -2.89. The first-order chi connectivity index (χ1) is 13.5. The van der Waals surface area contributed by atoms with Gasteiger partial charge in [-0.1, -0.05) is 24.3 Å². The van der Waals surface area contributed by atoms with Crippen molar-refractivity contribution in [2.24, 2.45) is 0 Å². The van der Waals surface area contributed by atoms with E-state index in [-0.39, 0.29) is 24.0 Å². The Hall–Kier alpha value is -2.96. The first kappa shape index (κ1) is 19.8. The number of carbonyl (C=O) groups excluding carboxylic acids is 2. The van der Waals surface area contributed by atoms with Crippen LogP contribution in [0.1, 0.15) is 35.2 Å². The number of rotatable bonds is 6. The molecule has 28 heavy (non-hydrogen) atoms. The number of benzene rings is 2. The van der Waals surface area contributed by atoms with E-state index in [0.717, 1.165) is 32.4 Å². The topological polar surface area (TPSA) is 58.6 Å². The second kappa shape index (κ2) is 9.30. The van der Waals surface area contributed by atoms with Gasteiger partial charge in [-0.25, -0.2) is 0 Å². The van der Waals surface area contributed by atoms with Crippen LogP contribution in [-0.2, 0) is 11.2 Å². The molecule has 1 aliphatic heterocycles. The molecule has 0 saturated carbocycles. The third kappa shape index (κ3) is 5.28. The minimum Gasteiger partial charge on any atom is -0.435 e. The molecule has 1 N–H and O–H groups in total. The molecule has 0 unspecified atom stereocenters. The van der Waals surface area contributed by atoms with Crippen molar-refractivity contribution in [3.05, 3.63) is 59.7 Å². The minimum absolute atomic E-state index is 0.0385. The molecule has 0 atom stereocenters. The number of nitrogens with one attached hydrogen (secondary N) is 1. The van der Waals surface area contributed by atoms with E-state index in [4.69, 9.17) is 0 Å². The lowest BCUT2D eigenvalue weighted by molar-refractivity contribution is -0.115. The van der Waals surface area contributed by atoms with Crippen LogP contribution in [0.3, 0.4) is 0 Å². The Bertz CT molecular complexity index is 819. The summed E-state index contributed by atoms with van der Waals surface area (Å²) in [5.41, 5.74) is 1.60. The van der Waals surface area contributed by atoms with Crippen molar-refractivity contribution < 1.29 is 23.1 Å². The predicted octanol–water partition coefficient (Wildman–Crippen LogP) is 4.10. The van der Waals surface area contributed by atoms with Crippen LogP contribution >= 0.6 is 0 Å². The molecule has 2 aromatic carbocycles. The van der Waals surface area contributed by atoms with Crippen LogP contribution in [-0.4, -0.2) is 36.4 Å². The summed E-state index contributed by atoms with van der Waals surface area (Å²) in [5, 5.41) is 2.79. The van der Waals surface area contributed by atoms with Crippen molar-refractivity contribution in [3.8, 4) is 5.75 Å². The second-order valence-corrected chi connectivity index (χ2v) is 6.65. The number of ether oxygens (including phenoxy) is 1. The second-order valence-electron chi connectivity index (χ2n) is 6.65. The molecule has 0 aliphatic carbocycles. The van der Waals surface area contributed by atoms with Gasteiger partial charge < -0.3 is 15.0 Å². The Morgan fingerprint density at radius 3 is 2.36 bits per heavy atom. The van der Waals surface area contributed by atoms with Crippen LogP contribution in [0.2, 0.25) is 0 Å². The Morgan fingerprint density at radius 1 is 1.00 bits per heavy atom. The van der Waals surface area contributed by atoms with Gasteiger partial charge in [0.1, 0.15) is 5.75 Å². The number of likely N-dealkylation sites (tertiary alicyclic amines) is 1. The maximum Gasteiger partial charge on any atom is 0.387 e. The van der Waals surface area contributed by atoms with Crippen molar-refractivity contribution in [1.82, 2.24) is 4.90 Å². The molecule has 0 radical (unpaired) electrons. The quantitative estimate of drug-likeness (QED) is 0.811. The van der Waals surface area contributed by atoms with E-state index < -0.39 is 6.61 Å². The van der Waals surface area contributed by atoms with Gasteiger partial charge in [-0.3, -0.25) is 9.59 Å². The van der Waals surface area contributed by atoms with Gasteiger partial charge in [0.05, 0.1) is 17.7 Å². The smallest absolute Gasteiger partial charge is 0.387 e. The van der Waals surface area contributed by atoms with Crippen LogP contribution in [0.4, 0.5) is 14.5 Å². The van der Waals surface area contributed by atoms with Crippen LogP contribution < -0.4 is 10.1 Å². The number of nitrogens with zero attached hydrogens (tertiary/aromatic N) is 1. The molecule has 1 heterocycles. The summed E-state index contributed by atoms with van der Waals surface area (Å²) in [6.45, 7) is -1.43. The zero-order chi connectivity index (χ0) is 19.9. The Kier molecular flexibility index (Phi) is 6.57. The van der Waals surface area contributed by atoms with Crippen molar-refractivity contribution >= 4 is 17.5 Å².